The molecule has 4 aliphatic carbocycles. The minimum atomic E-state index is -1.86. The fourth-order valence-corrected chi connectivity index (χ4v) is 11.7. The summed E-state index contributed by atoms with van der Waals surface area (Å²) in [5.74, 6) is 1.45. The Morgan fingerprint density at radius 2 is 1.45 bits per heavy atom. The molecule has 8 atom stereocenters. The maximum absolute atomic E-state index is 12.8. The number of hydrogen-bond acceptors (Lipinski definition) is 3. The summed E-state index contributed by atoms with van der Waals surface area (Å²) in [6, 6.07) is 0. The summed E-state index contributed by atoms with van der Waals surface area (Å²) >= 11 is 0. The van der Waals surface area contributed by atoms with Crippen LogP contribution in [-0.2, 0) is 8.85 Å². The third kappa shape index (κ3) is 5.55. The van der Waals surface area contributed by atoms with Gasteiger partial charge >= 0.3 is 0 Å². The lowest BCUT2D eigenvalue weighted by atomic mass is 9.44. The second-order valence-electron chi connectivity index (χ2n) is 18.2. The smallest absolute Gasteiger partial charge is 0.192 e. The molecule has 3 saturated carbocycles. The van der Waals surface area contributed by atoms with Gasteiger partial charge in [0.05, 0.1) is 11.7 Å². The second-order valence-corrected chi connectivity index (χ2v) is 27.7. The molecule has 0 unspecified atom stereocenters. The standard InChI is InChI=1S/C35H66O3Si2/c1-14-15-20-35(36)24-25-23-26(37-39(10,11)31(2,3)4)18-21-33(25,8)28-19-22-34(9)27(30(28)35)16-17-29(34)38-40(12,13)32(5,6)7/h24,26-30,36H,14-23H2,1-13H3/t26-,27-,28-,29-,30-,33-,34-,35-/m0/s1. The van der Waals surface area contributed by atoms with Gasteiger partial charge in [0.25, 0.3) is 0 Å². The van der Waals surface area contributed by atoms with Crippen molar-refractivity contribution in [3.63, 3.8) is 0 Å². The van der Waals surface area contributed by atoms with E-state index < -0.39 is 22.2 Å². The molecule has 0 saturated heterocycles. The summed E-state index contributed by atoms with van der Waals surface area (Å²) in [6.07, 6.45) is 14.4. The van der Waals surface area contributed by atoms with Crippen molar-refractivity contribution in [2.24, 2.45) is 28.6 Å². The Bertz CT molecular complexity index is 959. The molecule has 3 fully saturated rings. The minimum Gasteiger partial charge on any atom is -0.414 e. The zero-order valence-corrected chi connectivity index (χ0v) is 30.8. The van der Waals surface area contributed by atoms with Crippen LogP contribution in [0.15, 0.2) is 11.6 Å². The molecule has 0 radical (unpaired) electrons. The van der Waals surface area contributed by atoms with Crippen molar-refractivity contribution in [2.75, 3.05) is 0 Å². The van der Waals surface area contributed by atoms with Crippen molar-refractivity contribution in [3.8, 4) is 0 Å². The highest BCUT2D eigenvalue weighted by Crippen LogP contribution is 2.68. The molecule has 0 aromatic carbocycles. The van der Waals surface area contributed by atoms with Gasteiger partial charge in [-0.05, 0) is 116 Å². The first-order valence-electron chi connectivity index (χ1n) is 16.9. The highest BCUT2D eigenvalue weighted by Gasteiger charge is 2.65. The molecule has 0 aliphatic heterocycles. The Balaban J connectivity index is 1.67. The van der Waals surface area contributed by atoms with Crippen LogP contribution in [0.4, 0.5) is 0 Å². The molecule has 0 aromatic rings. The second kappa shape index (κ2) is 10.6. The molecule has 0 heterocycles. The first-order valence-corrected chi connectivity index (χ1v) is 22.7. The van der Waals surface area contributed by atoms with Crippen LogP contribution in [0.2, 0.25) is 36.3 Å². The lowest BCUT2D eigenvalue weighted by Gasteiger charge is -2.62. The molecule has 5 heteroatoms. The summed E-state index contributed by atoms with van der Waals surface area (Å²) < 4.78 is 14.2. The van der Waals surface area contributed by atoms with E-state index in [0.717, 1.165) is 38.5 Å². The van der Waals surface area contributed by atoms with Crippen LogP contribution in [0.1, 0.15) is 127 Å². The molecule has 0 amide bonds. The van der Waals surface area contributed by atoms with E-state index in [1.807, 2.05) is 0 Å². The van der Waals surface area contributed by atoms with E-state index in [4.69, 9.17) is 8.85 Å². The van der Waals surface area contributed by atoms with Crippen LogP contribution >= 0.6 is 0 Å². The van der Waals surface area contributed by atoms with Crippen molar-refractivity contribution >= 4 is 16.6 Å². The van der Waals surface area contributed by atoms with Gasteiger partial charge < -0.3 is 14.0 Å². The predicted octanol–water partition coefficient (Wildman–Crippen LogP) is 10.3. The summed E-state index contributed by atoms with van der Waals surface area (Å²) in [7, 11) is -3.70. The Labute approximate surface area is 250 Å². The van der Waals surface area contributed by atoms with E-state index >= 15 is 0 Å². The van der Waals surface area contributed by atoms with Crippen molar-refractivity contribution in [3.05, 3.63) is 11.6 Å². The molecule has 0 aromatic heterocycles. The molecule has 3 nitrogen and oxygen atoms in total. The van der Waals surface area contributed by atoms with Gasteiger partial charge in [-0.15, -0.1) is 0 Å². The van der Waals surface area contributed by atoms with Crippen molar-refractivity contribution in [1.29, 1.82) is 0 Å². The third-order valence-electron chi connectivity index (χ3n) is 13.6. The van der Waals surface area contributed by atoms with Crippen LogP contribution in [0.25, 0.3) is 0 Å². The number of rotatable bonds is 7. The van der Waals surface area contributed by atoms with Gasteiger partial charge in [0.2, 0.25) is 0 Å². The van der Waals surface area contributed by atoms with E-state index in [-0.39, 0.29) is 20.9 Å². The van der Waals surface area contributed by atoms with Crippen LogP contribution in [-0.4, -0.2) is 39.6 Å². The van der Waals surface area contributed by atoms with Crippen LogP contribution in [0, 0.1) is 28.6 Å². The maximum Gasteiger partial charge on any atom is 0.192 e. The van der Waals surface area contributed by atoms with Gasteiger partial charge in [-0.3, -0.25) is 0 Å². The van der Waals surface area contributed by atoms with E-state index in [1.165, 1.54) is 31.3 Å². The topological polar surface area (TPSA) is 38.7 Å². The van der Waals surface area contributed by atoms with Crippen molar-refractivity contribution in [1.82, 2.24) is 0 Å². The molecule has 0 spiro atoms. The largest absolute Gasteiger partial charge is 0.414 e. The first-order chi connectivity index (χ1) is 18.1. The number of fused-ring (bicyclic) bond motifs is 5. The molecule has 232 valence electrons. The SMILES string of the molecule is CCCC[C@]1(O)C=C2C[C@@H](O[Si](C)(C)C(C)(C)C)CC[C@]2(C)[C@H]2CC[C@]3(C)[C@@H](O[Si](C)(C)C(C)(C)C)CC[C@H]3[C@@H]21. The highest BCUT2D eigenvalue weighted by atomic mass is 28.4. The van der Waals surface area contributed by atoms with Gasteiger partial charge in [-0.2, -0.15) is 0 Å². The van der Waals surface area contributed by atoms with E-state index in [0.29, 0.717) is 30.0 Å². The first kappa shape index (κ1) is 33.0. The Morgan fingerprint density at radius 1 is 0.850 bits per heavy atom. The summed E-state index contributed by atoms with van der Waals surface area (Å²) in [4.78, 5) is 0. The zero-order chi connectivity index (χ0) is 30.2. The fraction of sp³-hybridized carbons (Fsp3) is 0.943. The molecule has 1 N–H and O–H groups in total. The van der Waals surface area contributed by atoms with Crippen LogP contribution < -0.4 is 0 Å². The van der Waals surface area contributed by atoms with Gasteiger partial charge in [0.1, 0.15) is 0 Å². The summed E-state index contributed by atoms with van der Waals surface area (Å²) in [6.45, 7) is 31.2. The zero-order valence-electron chi connectivity index (χ0n) is 28.8. The highest BCUT2D eigenvalue weighted by molar-refractivity contribution is 6.74. The average Bonchev–Trinajstić information content (AvgIpc) is 3.12. The third-order valence-corrected chi connectivity index (χ3v) is 22.6. The number of aliphatic hydroxyl groups is 1. The van der Waals surface area contributed by atoms with Crippen molar-refractivity contribution in [2.45, 2.75) is 181 Å². The van der Waals surface area contributed by atoms with Crippen molar-refractivity contribution < 1.29 is 14.0 Å². The summed E-state index contributed by atoms with van der Waals surface area (Å²) in [5.41, 5.74) is 1.18. The van der Waals surface area contributed by atoms with Gasteiger partial charge in [-0.25, -0.2) is 0 Å². The van der Waals surface area contributed by atoms with Crippen LogP contribution in [0.5, 0.6) is 0 Å². The lowest BCUT2D eigenvalue weighted by Crippen LogP contribution is -2.61. The van der Waals surface area contributed by atoms with E-state index in [1.54, 1.807) is 0 Å². The van der Waals surface area contributed by atoms with Gasteiger partial charge in [0.15, 0.2) is 16.6 Å². The quantitative estimate of drug-likeness (QED) is 0.237. The lowest BCUT2D eigenvalue weighted by molar-refractivity contribution is -0.146. The Kier molecular flexibility index (Phi) is 8.73. The van der Waals surface area contributed by atoms with Gasteiger partial charge in [0, 0.05) is 6.10 Å². The summed E-state index contributed by atoms with van der Waals surface area (Å²) in [5, 5.41) is 13.2. The molecular formula is C35H66O3Si2. The normalized spacial score (nSPS) is 40.8. The fourth-order valence-electron chi connectivity index (χ4n) is 8.87. The number of unbranched alkanes of at least 4 members (excludes halogenated alkanes) is 1. The minimum absolute atomic E-state index is 0.168. The predicted molar refractivity (Wildman–Crippen MR) is 176 cm³/mol. The monoisotopic (exact) mass is 590 g/mol. The Morgan fingerprint density at radius 3 is 2.02 bits per heavy atom. The molecule has 4 rings (SSSR count). The molecular weight excluding hydrogens is 525 g/mol. The maximum atomic E-state index is 12.8. The van der Waals surface area contributed by atoms with E-state index in [9.17, 15) is 5.11 Å². The average molecular weight is 591 g/mol. The molecule has 4 aliphatic rings. The van der Waals surface area contributed by atoms with Gasteiger partial charge in [-0.1, -0.05) is 86.8 Å². The van der Waals surface area contributed by atoms with E-state index in [2.05, 4.69) is 94.6 Å². The Hall–Kier alpha value is 0.0538. The molecule has 0 bridgehead atoms. The molecule has 40 heavy (non-hydrogen) atoms. The van der Waals surface area contributed by atoms with Crippen LogP contribution in [0.3, 0.4) is 0 Å². The number of hydrogen-bond donors (Lipinski definition) is 1.